The zero-order valence-electron chi connectivity index (χ0n) is 11.3. The van der Waals surface area contributed by atoms with Crippen molar-refractivity contribution in [1.82, 2.24) is 0 Å². The number of methoxy groups -OCH3 is 1. The summed E-state index contributed by atoms with van der Waals surface area (Å²) < 4.78 is 10.7. The first-order valence-corrected chi connectivity index (χ1v) is 6.41. The molecule has 104 valence electrons. The lowest BCUT2D eigenvalue weighted by molar-refractivity contribution is 0.322. The second-order valence-electron chi connectivity index (χ2n) is 4.36. The lowest BCUT2D eigenvalue weighted by Crippen LogP contribution is -2.31. The van der Waals surface area contributed by atoms with Gasteiger partial charge in [0, 0.05) is 11.9 Å². The fourth-order valence-corrected chi connectivity index (χ4v) is 1.90. The first kappa shape index (κ1) is 14.4. The van der Waals surface area contributed by atoms with Crippen molar-refractivity contribution in [1.29, 1.82) is 0 Å². The van der Waals surface area contributed by atoms with Crippen LogP contribution in [-0.4, -0.2) is 30.9 Å². The largest absolute Gasteiger partial charge is 0.497 e. The lowest BCUT2D eigenvalue weighted by Gasteiger charge is -2.11. The lowest BCUT2D eigenvalue weighted by atomic mass is 9.79. The van der Waals surface area contributed by atoms with E-state index < -0.39 is 7.12 Å². The fraction of sp³-hybridized carbons (Fsp3) is 0.200. The minimum absolute atomic E-state index is 0.377. The Morgan fingerprint density at radius 1 is 1.00 bits per heavy atom. The molecule has 20 heavy (non-hydrogen) atoms. The SMILES string of the molecule is COc1ccc(CCOc2ccccc2B(O)O)cc1. The third-order valence-electron chi connectivity index (χ3n) is 3.00. The summed E-state index contributed by atoms with van der Waals surface area (Å²) in [7, 11) is 0.113. The van der Waals surface area contributed by atoms with Gasteiger partial charge in [-0.3, -0.25) is 0 Å². The third kappa shape index (κ3) is 3.76. The molecule has 5 heteroatoms. The molecule has 2 N–H and O–H groups in total. The van der Waals surface area contributed by atoms with Crippen molar-refractivity contribution in [2.45, 2.75) is 6.42 Å². The predicted molar refractivity (Wildman–Crippen MR) is 78.5 cm³/mol. The third-order valence-corrected chi connectivity index (χ3v) is 3.00. The Kier molecular flexibility index (Phi) is 5.04. The number of hydrogen-bond donors (Lipinski definition) is 2. The second-order valence-corrected chi connectivity index (χ2v) is 4.36. The molecule has 0 unspecified atom stereocenters. The molecule has 4 nitrogen and oxygen atoms in total. The first-order chi connectivity index (χ1) is 9.70. The average Bonchev–Trinajstić information content (AvgIpc) is 2.48. The minimum atomic E-state index is -1.52. The summed E-state index contributed by atoms with van der Waals surface area (Å²) in [5.74, 6) is 1.32. The van der Waals surface area contributed by atoms with E-state index in [1.807, 2.05) is 24.3 Å². The van der Waals surface area contributed by atoms with Gasteiger partial charge in [-0.05, 0) is 23.8 Å². The average molecular weight is 272 g/mol. The first-order valence-electron chi connectivity index (χ1n) is 6.41. The normalized spacial score (nSPS) is 10.2. The molecular formula is C15H17BO4. The van der Waals surface area contributed by atoms with Gasteiger partial charge < -0.3 is 19.5 Å². The smallest absolute Gasteiger partial charge is 0.492 e. The highest BCUT2D eigenvalue weighted by atomic mass is 16.5. The summed E-state index contributed by atoms with van der Waals surface area (Å²) in [6.45, 7) is 0.468. The summed E-state index contributed by atoms with van der Waals surface area (Å²) in [6, 6.07) is 14.7. The Balaban J connectivity index is 1.92. The molecule has 0 bridgehead atoms. The molecule has 0 spiro atoms. The summed E-state index contributed by atoms with van der Waals surface area (Å²) in [6.07, 6.45) is 0.736. The predicted octanol–water partition coefficient (Wildman–Crippen LogP) is 0.996. The van der Waals surface area contributed by atoms with E-state index in [0.29, 0.717) is 17.8 Å². The molecule has 0 aliphatic heterocycles. The molecule has 2 aromatic carbocycles. The molecular weight excluding hydrogens is 255 g/mol. The van der Waals surface area contributed by atoms with Gasteiger partial charge >= 0.3 is 7.12 Å². The van der Waals surface area contributed by atoms with Crippen LogP contribution in [0.2, 0.25) is 0 Å². The number of benzene rings is 2. The monoisotopic (exact) mass is 272 g/mol. The van der Waals surface area contributed by atoms with Crippen LogP contribution in [0.1, 0.15) is 5.56 Å². The van der Waals surface area contributed by atoms with Crippen molar-refractivity contribution in [2.24, 2.45) is 0 Å². The molecule has 0 aliphatic rings. The molecule has 0 atom stereocenters. The van der Waals surface area contributed by atoms with Gasteiger partial charge in [-0.25, -0.2) is 0 Å². The van der Waals surface area contributed by atoms with Gasteiger partial charge in [0.1, 0.15) is 11.5 Å². The summed E-state index contributed by atoms with van der Waals surface area (Å²) in [5, 5.41) is 18.5. The van der Waals surface area contributed by atoms with Gasteiger partial charge in [-0.1, -0.05) is 30.3 Å². The number of hydrogen-bond acceptors (Lipinski definition) is 4. The van der Waals surface area contributed by atoms with Crippen molar-refractivity contribution in [3.8, 4) is 11.5 Å². The Labute approximate surface area is 118 Å². The molecule has 2 rings (SSSR count). The molecule has 0 fully saturated rings. The number of para-hydroxylation sites is 1. The van der Waals surface area contributed by atoms with Crippen LogP contribution >= 0.6 is 0 Å². The zero-order valence-corrected chi connectivity index (χ0v) is 11.3. The van der Waals surface area contributed by atoms with E-state index in [2.05, 4.69) is 0 Å². The van der Waals surface area contributed by atoms with Crippen molar-refractivity contribution >= 4 is 12.6 Å². The molecule has 0 aromatic heterocycles. The Bertz CT molecular complexity index is 540. The van der Waals surface area contributed by atoms with E-state index in [1.165, 1.54) is 0 Å². The number of rotatable bonds is 6. The van der Waals surface area contributed by atoms with Crippen LogP contribution < -0.4 is 14.9 Å². The van der Waals surface area contributed by atoms with E-state index in [1.54, 1.807) is 31.4 Å². The summed E-state index contributed by atoms with van der Waals surface area (Å²) in [5.41, 5.74) is 1.51. The van der Waals surface area contributed by atoms with Crippen molar-refractivity contribution in [3.63, 3.8) is 0 Å². The van der Waals surface area contributed by atoms with Crippen LogP contribution in [-0.2, 0) is 6.42 Å². The van der Waals surface area contributed by atoms with E-state index in [4.69, 9.17) is 9.47 Å². The van der Waals surface area contributed by atoms with Crippen molar-refractivity contribution in [3.05, 3.63) is 54.1 Å². The molecule has 0 amide bonds. The van der Waals surface area contributed by atoms with E-state index in [0.717, 1.165) is 17.7 Å². The molecule has 0 saturated heterocycles. The van der Waals surface area contributed by atoms with Crippen LogP contribution in [0.25, 0.3) is 0 Å². The standard InChI is InChI=1S/C15H17BO4/c1-19-13-8-6-12(7-9-13)10-11-20-15-5-3-2-4-14(15)16(17)18/h2-9,17-18H,10-11H2,1H3. The maximum absolute atomic E-state index is 9.24. The fourth-order valence-electron chi connectivity index (χ4n) is 1.90. The maximum atomic E-state index is 9.24. The van der Waals surface area contributed by atoms with Crippen LogP contribution in [0, 0.1) is 0 Å². The quantitative estimate of drug-likeness (QED) is 0.770. The van der Waals surface area contributed by atoms with Gasteiger partial charge in [0.2, 0.25) is 0 Å². The van der Waals surface area contributed by atoms with Gasteiger partial charge in [0.25, 0.3) is 0 Å². The number of ether oxygens (including phenoxy) is 2. The molecule has 0 saturated carbocycles. The van der Waals surface area contributed by atoms with Crippen molar-refractivity contribution in [2.75, 3.05) is 13.7 Å². The van der Waals surface area contributed by atoms with E-state index >= 15 is 0 Å². The molecule has 2 aromatic rings. The summed E-state index contributed by atoms with van der Waals surface area (Å²) >= 11 is 0. The Morgan fingerprint density at radius 3 is 2.35 bits per heavy atom. The van der Waals surface area contributed by atoms with Gasteiger partial charge in [-0.15, -0.1) is 0 Å². The van der Waals surface area contributed by atoms with Crippen LogP contribution in [0.5, 0.6) is 11.5 Å². The van der Waals surface area contributed by atoms with Gasteiger partial charge in [0.15, 0.2) is 0 Å². The van der Waals surface area contributed by atoms with Crippen LogP contribution in [0.3, 0.4) is 0 Å². The van der Waals surface area contributed by atoms with E-state index in [9.17, 15) is 10.0 Å². The Morgan fingerprint density at radius 2 is 1.70 bits per heavy atom. The Hall–Kier alpha value is -1.98. The maximum Gasteiger partial charge on any atom is 0.492 e. The second kappa shape index (κ2) is 6.98. The van der Waals surface area contributed by atoms with E-state index in [-0.39, 0.29) is 0 Å². The molecule has 0 radical (unpaired) electrons. The highest BCUT2D eigenvalue weighted by molar-refractivity contribution is 6.59. The molecule has 0 heterocycles. The summed E-state index contributed by atoms with van der Waals surface area (Å²) in [4.78, 5) is 0. The van der Waals surface area contributed by atoms with Gasteiger partial charge in [0.05, 0.1) is 13.7 Å². The molecule has 0 aliphatic carbocycles. The zero-order chi connectivity index (χ0) is 14.4. The topological polar surface area (TPSA) is 58.9 Å². The van der Waals surface area contributed by atoms with Gasteiger partial charge in [-0.2, -0.15) is 0 Å². The van der Waals surface area contributed by atoms with Crippen molar-refractivity contribution < 1.29 is 19.5 Å². The minimum Gasteiger partial charge on any atom is -0.497 e. The van der Waals surface area contributed by atoms with Crippen LogP contribution in [0.15, 0.2) is 48.5 Å². The van der Waals surface area contributed by atoms with Crippen LogP contribution in [0.4, 0.5) is 0 Å². The highest BCUT2D eigenvalue weighted by Crippen LogP contribution is 2.12. The highest BCUT2D eigenvalue weighted by Gasteiger charge is 2.16.